The average Bonchev–Trinajstić information content (AvgIpc) is 2.72. The van der Waals surface area contributed by atoms with Gasteiger partial charge in [-0.05, 0) is 0 Å². The van der Waals surface area contributed by atoms with Gasteiger partial charge in [0.15, 0.2) is 0 Å². The molecule has 0 aliphatic heterocycles. The molecule has 2 amide bonds. The Labute approximate surface area is 182 Å². The van der Waals surface area contributed by atoms with Crippen LogP contribution in [0.1, 0.15) is 0 Å². The number of nitro groups is 6. The van der Waals surface area contributed by atoms with Gasteiger partial charge in [0, 0.05) is 0 Å². The molecule has 0 bridgehead atoms. The van der Waals surface area contributed by atoms with Gasteiger partial charge >= 0.3 is 28.8 Å². The molecule has 0 saturated carbocycles. The number of rotatable bonds is 8. The van der Waals surface area contributed by atoms with E-state index in [0.717, 1.165) is 0 Å². The van der Waals surface area contributed by atoms with Gasteiger partial charge in [0.1, 0.15) is 0 Å². The maximum absolute atomic E-state index is 12.3. The molecule has 176 valence electrons. The molecular weight excluding hydrogens is 476 g/mol. The van der Waals surface area contributed by atoms with Gasteiger partial charge in [-0.1, -0.05) is 0 Å². The molecule has 21 heteroatoms. The van der Waals surface area contributed by atoms with Crippen LogP contribution in [0.2, 0.25) is 0 Å². The summed E-state index contributed by atoms with van der Waals surface area (Å²) < 4.78 is 0. The Morgan fingerprint density at radius 1 is 0.500 bits per heavy atom. The molecule has 2 N–H and O–H groups in total. The molecule has 21 nitrogen and oxygen atoms in total. The van der Waals surface area contributed by atoms with Gasteiger partial charge in [0.05, 0.1) is 53.8 Å². The predicted octanol–water partition coefficient (Wildman–Crippen LogP) is 2.78. The van der Waals surface area contributed by atoms with Crippen LogP contribution in [-0.4, -0.2) is 35.6 Å². The molecule has 0 radical (unpaired) electrons. The fraction of sp³-hybridized carbons (Fsp3) is 0. The molecule has 0 atom stereocenters. The fourth-order valence-electron chi connectivity index (χ4n) is 2.50. The highest BCUT2D eigenvalue weighted by atomic mass is 16.6. The van der Waals surface area contributed by atoms with Crippen molar-refractivity contribution in [3.63, 3.8) is 0 Å². The van der Waals surface area contributed by atoms with Crippen molar-refractivity contribution in [3.05, 3.63) is 85.0 Å². The van der Waals surface area contributed by atoms with E-state index in [1.165, 1.54) is 0 Å². The predicted molar refractivity (Wildman–Crippen MR) is 105 cm³/mol. The molecule has 2 aromatic rings. The third kappa shape index (κ3) is 4.88. The lowest BCUT2D eigenvalue weighted by molar-refractivity contribution is -0.402. The van der Waals surface area contributed by atoms with E-state index in [1.807, 2.05) is 0 Å². The second-order valence-electron chi connectivity index (χ2n) is 5.84. The number of carbonyl (C=O) groups excluding carboxylic acids is 1. The molecular formula is C13H6N8O13. The molecule has 0 saturated heterocycles. The lowest BCUT2D eigenvalue weighted by atomic mass is 10.2. The SMILES string of the molecule is O=C(Nc1c([N+](=O)[O-])cc([N+](=O)[O-])cc1[N+](=O)[O-])Nc1c([N+](=O)[O-])cc([N+](=O)[O-])cc1[N+](=O)[O-]. The Morgan fingerprint density at radius 2 is 0.735 bits per heavy atom. The standard InChI is InChI=1S/C13H6N8O13/c22-13(14-11-7(18(27)28)1-5(16(23)24)2-8(11)19(29)30)15-12-9(20(31)32)3-6(17(25)26)4-10(12)21(33)34/h1-4H,(H2,14,15,22). The van der Waals surface area contributed by atoms with E-state index >= 15 is 0 Å². The van der Waals surface area contributed by atoms with Gasteiger partial charge in [0.2, 0.25) is 11.4 Å². The smallest absolute Gasteiger partial charge is 0.296 e. The summed E-state index contributed by atoms with van der Waals surface area (Å²) in [5.41, 5.74) is -9.80. The summed E-state index contributed by atoms with van der Waals surface area (Å²) in [6.07, 6.45) is 0. The number of anilines is 2. The lowest BCUT2D eigenvalue weighted by Gasteiger charge is -2.09. The Hall–Kier alpha value is -5.89. The number of nitrogens with one attached hydrogen (secondary N) is 2. The van der Waals surface area contributed by atoms with Crippen molar-refractivity contribution >= 4 is 51.5 Å². The molecule has 0 aliphatic rings. The zero-order chi connectivity index (χ0) is 25.9. The van der Waals surface area contributed by atoms with Crippen LogP contribution in [0.25, 0.3) is 0 Å². The first-order valence-electron chi connectivity index (χ1n) is 8.05. The first kappa shape index (κ1) is 24.4. The van der Waals surface area contributed by atoms with Crippen LogP contribution in [0.5, 0.6) is 0 Å². The summed E-state index contributed by atoms with van der Waals surface area (Å²) in [5.74, 6) is 0. The maximum atomic E-state index is 12.3. The first-order chi connectivity index (χ1) is 15.7. The number of hydrogen-bond donors (Lipinski definition) is 2. The third-order valence-corrected chi connectivity index (χ3v) is 3.85. The van der Waals surface area contributed by atoms with Crippen molar-refractivity contribution in [1.29, 1.82) is 0 Å². The van der Waals surface area contributed by atoms with Crippen LogP contribution in [-0.2, 0) is 0 Å². The number of carbonyl (C=O) groups is 1. The number of benzene rings is 2. The van der Waals surface area contributed by atoms with E-state index in [4.69, 9.17) is 0 Å². The van der Waals surface area contributed by atoms with E-state index in [1.54, 1.807) is 10.6 Å². The molecule has 2 aromatic carbocycles. The number of nitro benzene ring substituents is 6. The van der Waals surface area contributed by atoms with Crippen LogP contribution in [0.3, 0.4) is 0 Å². The minimum atomic E-state index is -1.72. The van der Waals surface area contributed by atoms with E-state index in [0.29, 0.717) is 0 Å². The molecule has 2 rings (SSSR count). The zero-order valence-electron chi connectivity index (χ0n) is 15.8. The minimum Gasteiger partial charge on any atom is -0.296 e. The summed E-state index contributed by atoms with van der Waals surface area (Å²) in [6.45, 7) is 0. The molecule has 0 aliphatic carbocycles. The molecule has 0 heterocycles. The third-order valence-electron chi connectivity index (χ3n) is 3.85. The van der Waals surface area contributed by atoms with E-state index in [2.05, 4.69) is 0 Å². The second-order valence-corrected chi connectivity index (χ2v) is 5.84. The van der Waals surface area contributed by atoms with Crippen molar-refractivity contribution in [2.45, 2.75) is 0 Å². The number of urea groups is 1. The van der Waals surface area contributed by atoms with Gasteiger partial charge in [-0.2, -0.15) is 0 Å². The van der Waals surface area contributed by atoms with Crippen molar-refractivity contribution in [2.24, 2.45) is 0 Å². The minimum absolute atomic E-state index is 0.277. The fourth-order valence-corrected chi connectivity index (χ4v) is 2.50. The highest BCUT2D eigenvalue weighted by Gasteiger charge is 2.35. The average molecular weight is 482 g/mol. The number of amides is 2. The summed E-state index contributed by atoms with van der Waals surface area (Å²) in [7, 11) is 0. The number of nitrogens with zero attached hydrogens (tertiary/aromatic N) is 6. The Bertz CT molecular complexity index is 1140. The quantitative estimate of drug-likeness (QED) is 0.404. The molecule has 0 unspecified atom stereocenters. The maximum Gasteiger partial charge on any atom is 0.324 e. The van der Waals surface area contributed by atoms with Crippen molar-refractivity contribution in [3.8, 4) is 0 Å². The second kappa shape index (κ2) is 9.08. The van der Waals surface area contributed by atoms with Crippen LogP contribution in [0.15, 0.2) is 24.3 Å². The molecule has 0 fully saturated rings. The molecule has 0 spiro atoms. The van der Waals surface area contributed by atoms with Crippen LogP contribution in [0.4, 0.5) is 50.3 Å². The zero-order valence-corrected chi connectivity index (χ0v) is 15.8. The van der Waals surface area contributed by atoms with E-state index < -0.39 is 81.1 Å². The lowest BCUT2D eigenvalue weighted by Crippen LogP contribution is -2.22. The van der Waals surface area contributed by atoms with Crippen LogP contribution >= 0.6 is 0 Å². The summed E-state index contributed by atoms with van der Waals surface area (Å²) in [4.78, 5) is 71.5. The number of non-ortho nitro benzene ring substituents is 2. The Balaban J connectivity index is 2.63. The number of hydrogen-bond acceptors (Lipinski definition) is 13. The summed E-state index contributed by atoms with van der Waals surface area (Å²) in [6, 6.07) is -0.613. The monoisotopic (exact) mass is 482 g/mol. The summed E-state index contributed by atoms with van der Waals surface area (Å²) in [5, 5.41) is 69.9. The van der Waals surface area contributed by atoms with Crippen molar-refractivity contribution in [2.75, 3.05) is 10.6 Å². The highest BCUT2D eigenvalue weighted by molar-refractivity contribution is 6.06. The molecule has 0 aromatic heterocycles. The Kier molecular flexibility index (Phi) is 6.51. The van der Waals surface area contributed by atoms with Gasteiger partial charge in [-0.25, -0.2) is 4.79 Å². The largest absolute Gasteiger partial charge is 0.324 e. The van der Waals surface area contributed by atoms with Gasteiger partial charge in [-0.3, -0.25) is 71.3 Å². The first-order valence-corrected chi connectivity index (χ1v) is 8.05. The van der Waals surface area contributed by atoms with Crippen LogP contribution < -0.4 is 10.6 Å². The van der Waals surface area contributed by atoms with Crippen molar-refractivity contribution < 1.29 is 34.3 Å². The van der Waals surface area contributed by atoms with Crippen LogP contribution in [0, 0.1) is 60.7 Å². The normalized spacial score (nSPS) is 10.1. The summed E-state index contributed by atoms with van der Waals surface area (Å²) >= 11 is 0. The van der Waals surface area contributed by atoms with E-state index in [-0.39, 0.29) is 24.3 Å². The topological polar surface area (TPSA) is 300 Å². The Morgan fingerprint density at radius 3 is 0.912 bits per heavy atom. The van der Waals surface area contributed by atoms with Gasteiger partial charge in [0.25, 0.3) is 11.4 Å². The molecule has 34 heavy (non-hydrogen) atoms. The highest BCUT2D eigenvalue weighted by Crippen LogP contribution is 2.40. The van der Waals surface area contributed by atoms with Gasteiger partial charge in [-0.15, -0.1) is 0 Å². The van der Waals surface area contributed by atoms with Crippen molar-refractivity contribution in [1.82, 2.24) is 0 Å². The van der Waals surface area contributed by atoms with Gasteiger partial charge < -0.3 is 0 Å². The van der Waals surface area contributed by atoms with E-state index in [9.17, 15) is 65.5 Å².